The van der Waals surface area contributed by atoms with Crippen molar-refractivity contribution in [3.63, 3.8) is 0 Å². The molecule has 1 heterocycles. The van der Waals surface area contributed by atoms with Crippen molar-refractivity contribution in [2.45, 2.75) is 52.1 Å². The number of rotatable bonds is 4. The molecule has 2 N–H and O–H groups in total. The summed E-state index contributed by atoms with van der Waals surface area (Å²) in [4.78, 5) is 0. The fourth-order valence-electron chi connectivity index (χ4n) is 3.26. The summed E-state index contributed by atoms with van der Waals surface area (Å²) in [6, 6.07) is 8.92. The Morgan fingerprint density at radius 2 is 2.10 bits per heavy atom. The summed E-state index contributed by atoms with van der Waals surface area (Å²) in [7, 11) is 0. The number of fused-ring (bicyclic) bond motifs is 1. The van der Waals surface area contributed by atoms with E-state index in [0.717, 1.165) is 18.7 Å². The van der Waals surface area contributed by atoms with E-state index < -0.39 is 0 Å². The number of hydrogen-bond donors (Lipinski definition) is 1. The van der Waals surface area contributed by atoms with Crippen LogP contribution in [-0.2, 0) is 19.4 Å². The zero-order chi connectivity index (χ0) is 14.3. The predicted octanol–water partition coefficient (Wildman–Crippen LogP) is 2.73. The van der Waals surface area contributed by atoms with Crippen molar-refractivity contribution in [1.82, 2.24) is 9.78 Å². The van der Waals surface area contributed by atoms with Crippen LogP contribution in [-0.4, -0.2) is 15.8 Å². The second kappa shape index (κ2) is 5.06. The number of nitrogens with zero attached hydrogens (tertiary/aromatic N) is 2. The van der Waals surface area contributed by atoms with Crippen molar-refractivity contribution in [3.05, 3.63) is 52.3 Å². The van der Waals surface area contributed by atoms with E-state index in [1.165, 1.54) is 28.8 Å². The van der Waals surface area contributed by atoms with Crippen LogP contribution in [0.25, 0.3) is 0 Å². The van der Waals surface area contributed by atoms with Gasteiger partial charge in [-0.15, -0.1) is 0 Å². The normalized spacial score (nSPS) is 18.5. The largest absolute Gasteiger partial charge is 0.328 e. The lowest BCUT2D eigenvalue weighted by atomic mass is 9.77. The summed E-state index contributed by atoms with van der Waals surface area (Å²) in [5.74, 6) is 0.618. The van der Waals surface area contributed by atoms with E-state index in [2.05, 4.69) is 49.7 Å². The molecule has 20 heavy (non-hydrogen) atoms. The molecule has 1 aromatic carbocycles. The molecule has 3 heteroatoms. The molecule has 2 aromatic rings. The topological polar surface area (TPSA) is 43.8 Å². The van der Waals surface area contributed by atoms with Gasteiger partial charge in [0.05, 0.1) is 5.69 Å². The lowest BCUT2D eigenvalue weighted by Crippen LogP contribution is -2.23. The van der Waals surface area contributed by atoms with Crippen molar-refractivity contribution in [1.29, 1.82) is 0 Å². The lowest BCUT2D eigenvalue weighted by molar-refractivity contribution is 0.466. The Hall–Kier alpha value is -1.61. The monoisotopic (exact) mass is 269 g/mol. The fourth-order valence-corrected chi connectivity index (χ4v) is 3.26. The summed E-state index contributed by atoms with van der Waals surface area (Å²) in [6.45, 7) is 7.30. The molecule has 0 saturated heterocycles. The summed E-state index contributed by atoms with van der Waals surface area (Å²) < 4.78 is 2.17. The van der Waals surface area contributed by atoms with E-state index in [-0.39, 0.29) is 6.04 Å². The van der Waals surface area contributed by atoms with E-state index in [1.807, 2.05) is 0 Å². The minimum absolute atomic E-state index is 0.189. The number of benzene rings is 1. The quantitative estimate of drug-likeness (QED) is 0.927. The highest BCUT2D eigenvalue weighted by Gasteiger charge is 2.27. The summed E-state index contributed by atoms with van der Waals surface area (Å²) in [6.07, 6.45) is 2.09. The standard InChI is InChI=1S/C17H23N3/c1-11(18)8-17-12(2)19-20(13(17)3)10-15-9-14-6-4-5-7-16(14)15/h4-7,11,15H,8-10,18H2,1-3H3. The molecule has 106 valence electrons. The highest BCUT2D eigenvalue weighted by atomic mass is 15.3. The summed E-state index contributed by atoms with van der Waals surface area (Å²) in [5, 5.41) is 4.72. The van der Waals surface area contributed by atoms with Crippen LogP contribution in [0, 0.1) is 13.8 Å². The first kappa shape index (κ1) is 13.4. The van der Waals surface area contributed by atoms with Gasteiger partial charge in [0.2, 0.25) is 0 Å². The first-order chi connectivity index (χ1) is 9.56. The minimum Gasteiger partial charge on any atom is -0.328 e. The third-order valence-corrected chi connectivity index (χ3v) is 4.41. The SMILES string of the molecule is Cc1nn(CC2Cc3ccccc32)c(C)c1CC(C)N. The Morgan fingerprint density at radius 1 is 1.35 bits per heavy atom. The molecule has 0 radical (unpaired) electrons. The average Bonchev–Trinajstić information content (AvgIpc) is 2.63. The number of hydrogen-bond acceptors (Lipinski definition) is 2. The van der Waals surface area contributed by atoms with Crippen LogP contribution in [0.15, 0.2) is 24.3 Å². The molecule has 0 saturated carbocycles. The molecule has 0 spiro atoms. The Bertz CT molecular complexity index is 625. The van der Waals surface area contributed by atoms with Crippen LogP contribution < -0.4 is 5.73 Å². The first-order valence-electron chi connectivity index (χ1n) is 7.42. The van der Waals surface area contributed by atoms with Gasteiger partial charge >= 0.3 is 0 Å². The molecule has 2 atom stereocenters. The lowest BCUT2D eigenvalue weighted by Gasteiger charge is -2.30. The zero-order valence-corrected chi connectivity index (χ0v) is 12.6. The smallest absolute Gasteiger partial charge is 0.0629 e. The molecule has 0 bridgehead atoms. The van der Waals surface area contributed by atoms with Crippen molar-refractivity contribution >= 4 is 0 Å². The molecule has 0 aliphatic heterocycles. The van der Waals surface area contributed by atoms with Crippen LogP contribution in [0.1, 0.15) is 40.9 Å². The number of aromatic nitrogens is 2. The predicted molar refractivity (Wildman–Crippen MR) is 81.9 cm³/mol. The minimum atomic E-state index is 0.189. The van der Waals surface area contributed by atoms with Gasteiger partial charge in [-0.25, -0.2) is 0 Å². The van der Waals surface area contributed by atoms with Gasteiger partial charge in [0.25, 0.3) is 0 Å². The molecule has 1 aromatic heterocycles. The third kappa shape index (κ3) is 2.27. The van der Waals surface area contributed by atoms with Crippen molar-refractivity contribution in [2.75, 3.05) is 0 Å². The van der Waals surface area contributed by atoms with Crippen molar-refractivity contribution in [3.8, 4) is 0 Å². The second-order valence-corrected chi connectivity index (χ2v) is 6.11. The van der Waals surface area contributed by atoms with Gasteiger partial charge in [-0.1, -0.05) is 24.3 Å². The van der Waals surface area contributed by atoms with Crippen molar-refractivity contribution < 1.29 is 0 Å². The molecule has 1 aliphatic rings. The molecule has 1 aliphatic carbocycles. The fraction of sp³-hybridized carbons (Fsp3) is 0.471. The Kier molecular flexibility index (Phi) is 3.38. The van der Waals surface area contributed by atoms with Crippen molar-refractivity contribution in [2.24, 2.45) is 5.73 Å². The summed E-state index contributed by atoms with van der Waals surface area (Å²) in [5.41, 5.74) is 12.7. The Morgan fingerprint density at radius 3 is 2.80 bits per heavy atom. The first-order valence-corrected chi connectivity index (χ1v) is 7.42. The van der Waals surface area contributed by atoms with Crippen LogP contribution in [0.3, 0.4) is 0 Å². The van der Waals surface area contributed by atoms with E-state index in [4.69, 9.17) is 10.8 Å². The molecule has 0 amide bonds. The zero-order valence-electron chi connectivity index (χ0n) is 12.6. The van der Waals surface area contributed by atoms with E-state index in [9.17, 15) is 0 Å². The van der Waals surface area contributed by atoms with Crippen LogP contribution >= 0.6 is 0 Å². The number of aryl methyl sites for hydroxylation is 1. The van der Waals surface area contributed by atoms with Gasteiger partial charge in [-0.3, -0.25) is 4.68 Å². The maximum Gasteiger partial charge on any atom is 0.0629 e. The number of nitrogens with two attached hydrogens (primary N) is 1. The van der Waals surface area contributed by atoms with Gasteiger partial charge in [0.15, 0.2) is 0 Å². The molecule has 3 rings (SSSR count). The van der Waals surface area contributed by atoms with Crippen LogP contribution in [0.4, 0.5) is 0 Å². The van der Waals surface area contributed by atoms with Gasteiger partial charge in [0, 0.05) is 24.2 Å². The maximum absolute atomic E-state index is 5.94. The van der Waals surface area contributed by atoms with Crippen LogP contribution in [0.5, 0.6) is 0 Å². The summed E-state index contributed by atoms with van der Waals surface area (Å²) >= 11 is 0. The van der Waals surface area contributed by atoms with E-state index in [0.29, 0.717) is 5.92 Å². The van der Waals surface area contributed by atoms with E-state index in [1.54, 1.807) is 0 Å². The Balaban J connectivity index is 1.80. The second-order valence-electron chi connectivity index (χ2n) is 6.11. The molecule has 3 nitrogen and oxygen atoms in total. The van der Waals surface area contributed by atoms with Gasteiger partial charge in [0.1, 0.15) is 0 Å². The van der Waals surface area contributed by atoms with Crippen LogP contribution in [0.2, 0.25) is 0 Å². The van der Waals surface area contributed by atoms with Gasteiger partial charge < -0.3 is 5.73 Å². The van der Waals surface area contributed by atoms with E-state index >= 15 is 0 Å². The van der Waals surface area contributed by atoms with Gasteiger partial charge in [-0.05, 0) is 50.3 Å². The van der Waals surface area contributed by atoms with Gasteiger partial charge in [-0.2, -0.15) is 5.10 Å². The highest BCUT2D eigenvalue weighted by Crippen LogP contribution is 2.36. The molecule has 0 fully saturated rings. The third-order valence-electron chi connectivity index (χ3n) is 4.41. The molecular formula is C17H23N3. The maximum atomic E-state index is 5.94. The highest BCUT2D eigenvalue weighted by molar-refractivity contribution is 5.40. The molecule has 2 unspecified atom stereocenters. The Labute approximate surface area is 120 Å². The molecular weight excluding hydrogens is 246 g/mol. The average molecular weight is 269 g/mol.